The molecule has 0 radical (unpaired) electrons. The zero-order valence-corrected chi connectivity index (χ0v) is 11.4. The van der Waals surface area contributed by atoms with Gasteiger partial charge in [-0.1, -0.05) is 18.2 Å². The van der Waals surface area contributed by atoms with Gasteiger partial charge in [0.2, 0.25) is 0 Å². The zero-order chi connectivity index (χ0) is 14.7. The van der Waals surface area contributed by atoms with E-state index in [0.29, 0.717) is 6.54 Å². The molecule has 104 valence electrons. The van der Waals surface area contributed by atoms with Crippen molar-refractivity contribution in [1.29, 1.82) is 0 Å². The molecule has 0 aliphatic carbocycles. The monoisotopic (exact) mass is 273 g/mol. The number of phenolic OH excluding ortho intramolecular Hbond substituents is 1. The first-order valence-corrected chi connectivity index (χ1v) is 6.40. The van der Waals surface area contributed by atoms with Crippen LogP contribution in [0.5, 0.6) is 5.75 Å². The van der Waals surface area contributed by atoms with E-state index in [4.69, 9.17) is 0 Å². The van der Waals surface area contributed by atoms with Crippen molar-refractivity contribution in [2.24, 2.45) is 0 Å². The molecule has 0 saturated heterocycles. The molecule has 0 saturated carbocycles. The van der Waals surface area contributed by atoms with Crippen LogP contribution in [0.4, 0.5) is 10.1 Å². The van der Waals surface area contributed by atoms with Gasteiger partial charge in [-0.3, -0.25) is 4.79 Å². The molecular formula is C16H16FNO2. The number of hydrogen-bond acceptors (Lipinski definition) is 2. The van der Waals surface area contributed by atoms with Crippen molar-refractivity contribution in [3.8, 4) is 5.75 Å². The maximum absolute atomic E-state index is 13.3. The van der Waals surface area contributed by atoms with Gasteiger partial charge in [-0.15, -0.1) is 0 Å². The van der Waals surface area contributed by atoms with Gasteiger partial charge in [0.1, 0.15) is 11.6 Å². The number of rotatable bonds is 3. The topological polar surface area (TPSA) is 40.5 Å². The summed E-state index contributed by atoms with van der Waals surface area (Å²) in [6.45, 7) is 4.16. The average molecular weight is 273 g/mol. The Balaban J connectivity index is 2.45. The number of halogens is 1. The molecule has 4 heteroatoms. The van der Waals surface area contributed by atoms with Crippen LogP contribution in [0.15, 0.2) is 42.5 Å². The molecule has 0 aliphatic rings. The number of anilines is 1. The largest absolute Gasteiger partial charge is 0.507 e. The molecular weight excluding hydrogens is 257 g/mol. The predicted molar refractivity (Wildman–Crippen MR) is 76.6 cm³/mol. The molecule has 0 aromatic heterocycles. The summed E-state index contributed by atoms with van der Waals surface area (Å²) in [5, 5.41) is 9.75. The van der Waals surface area contributed by atoms with E-state index in [1.54, 1.807) is 0 Å². The van der Waals surface area contributed by atoms with Crippen LogP contribution < -0.4 is 4.90 Å². The highest BCUT2D eigenvalue weighted by Gasteiger charge is 2.20. The molecule has 1 N–H and O–H groups in total. The quantitative estimate of drug-likeness (QED) is 0.929. The second-order valence-electron chi connectivity index (χ2n) is 4.50. The van der Waals surface area contributed by atoms with Crippen LogP contribution in [0.25, 0.3) is 0 Å². The number of aryl methyl sites for hydroxylation is 1. The minimum atomic E-state index is -0.549. The SMILES string of the molecule is CCN(C(=O)c1cc(F)ccc1O)c1ccccc1C. The molecule has 20 heavy (non-hydrogen) atoms. The minimum absolute atomic E-state index is 0.0323. The molecule has 2 aromatic carbocycles. The summed E-state index contributed by atoms with van der Waals surface area (Å²) >= 11 is 0. The Labute approximate surface area is 117 Å². The van der Waals surface area contributed by atoms with Gasteiger partial charge in [0.05, 0.1) is 5.56 Å². The van der Waals surface area contributed by atoms with Crippen molar-refractivity contribution < 1.29 is 14.3 Å². The second kappa shape index (κ2) is 5.74. The van der Waals surface area contributed by atoms with Crippen molar-refractivity contribution in [1.82, 2.24) is 0 Å². The van der Waals surface area contributed by atoms with E-state index in [9.17, 15) is 14.3 Å². The molecule has 0 fully saturated rings. The number of hydrogen-bond donors (Lipinski definition) is 1. The number of benzene rings is 2. The molecule has 2 rings (SSSR count). The van der Waals surface area contributed by atoms with E-state index < -0.39 is 11.7 Å². The molecule has 0 aliphatic heterocycles. The molecule has 1 amide bonds. The number of aromatic hydroxyl groups is 1. The maximum Gasteiger partial charge on any atom is 0.262 e. The highest BCUT2D eigenvalue weighted by Crippen LogP contribution is 2.25. The van der Waals surface area contributed by atoms with Crippen molar-refractivity contribution in [2.45, 2.75) is 13.8 Å². The number of nitrogens with zero attached hydrogens (tertiary/aromatic N) is 1. The Morgan fingerprint density at radius 2 is 1.95 bits per heavy atom. The molecule has 0 spiro atoms. The van der Waals surface area contributed by atoms with Crippen LogP contribution in [-0.2, 0) is 0 Å². The third-order valence-corrected chi connectivity index (χ3v) is 3.16. The van der Waals surface area contributed by atoms with Gasteiger partial charge in [0.15, 0.2) is 0 Å². The first-order valence-electron chi connectivity index (χ1n) is 6.40. The molecule has 2 aromatic rings. The van der Waals surface area contributed by atoms with E-state index in [2.05, 4.69) is 0 Å². The lowest BCUT2D eigenvalue weighted by molar-refractivity contribution is 0.0985. The van der Waals surface area contributed by atoms with E-state index in [1.807, 2.05) is 38.1 Å². The lowest BCUT2D eigenvalue weighted by Gasteiger charge is -2.23. The fourth-order valence-corrected chi connectivity index (χ4v) is 2.11. The van der Waals surface area contributed by atoms with Gasteiger partial charge in [0, 0.05) is 12.2 Å². The fourth-order valence-electron chi connectivity index (χ4n) is 2.11. The Bertz CT molecular complexity index is 640. The van der Waals surface area contributed by atoms with Crippen molar-refractivity contribution >= 4 is 11.6 Å². The maximum atomic E-state index is 13.3. The Hall–Kier alpha value is -2.36. The van der Waals surface area contributed by atoms with Crippen LogP contribution in [0.3, 0.4) is 0 Å². The summed E-state index contributed by atoms with van der Waals surface area (Å²) in [5.41, 5.74) is 1.66. The van der Waals surface area contributed by atoms with E-state index in [-0.39, 0.29) is 11.3 Å². The van der Waals surface area contributed by atoms with Gasteiger partial charge in [-0.25, -0.2) is 4.39 Å². The second-order valence-corrected chi connectivity index (χ2v) is 4.50. The van der Waals surface area contributed by atoms with Gasteiger partial charge in [-0.2, -0.15) is 0 Å². The van der Waals surface area contributed by atoms with Crippen LogP contribution in [0, 0.1) is 12.7 Å². The summed E-state index contributed by atoms with van der Waals surface area (Å²) in [4.78, 5) is 14.0. The lowest BCUT2D eigenvalue weighted by atomic mass is 10.1. The molecule has 0 bridgehead atoms. The third-order valence-electron chi connectivity index (χ3n) is 3.16. The zero-order valence-electron chi connectivity index (χ0n) is 11.4. The van der Waals surface area contributed by atoms with Crippen LogP contribution >= 0.6 is 0 Å². The van der Waals surface area contributed by atoms with Gasteiger partial charge in [-0.05, 0) is 43.7 Å². The van der Waals surface area contributed by atoms with Crippen molar-refractivity contribution in [3.63, 3.8) is 0 Å². The van der Waals surface area contributed by atoms with Gasteiger partial charge in [0.25, 0.3) is 5.91 Å². The number of para-hydroxylation sites is 1. The summed E-state index contributed by atoms with van der Waals surface area (Å²) < 4.78 is 13.3. The van der Waals surface area contributed by atoms with E-state index in [0.717, 1.165) is 23.4 Å². The van der Waals surface area contributed by atoms with Crippen molar-refractivity contribution in [3.05, 3.63) is 59.4 Å². The highest BCUT2D eigenvalue weighted by molar-refractivity contribution is 6.08. The normalized spacial score (nSPS) is 10.3. The Morgan fingerprint density at radius 1 is 1.25 bits per heavy atom. The molecule has 0 unspecified atom stereocenters. The predicted octanol–water partition coefficient (Wildman–Crippen LogP) is 3.51. The summed E-state index contributed by atoms with van der Waals surface area (Å²) in [7, 11) is 0. The standard InChI is InChI=1S/C16H16FNO2/c1-3-18(14-7-5-4-6-11(14)2)16(20)13-10-12(17)8-9-15(13)19/h4-10,19H,3H2,1-2H3. The third kappa shape index (κ3) is 2.64. The summed E-state index contributed by atoms with van der Waals surface area (Å²) in [6, 6.07) is 10.8. The van der Waals surface area contributed by atoms with E-state index >= 15 is 0 Å². The smallest absolute Gasteiger partial charge is 0.262 e. The number of amides is 1. The molecule has 3 nitrogen and oxygen atoms in total. The number of carbonyl (C=O) groups excluding carboxylic acids is 1. The Kier molecular flexibility index (Phi) is 4.03. The first-order chi connectivity index (χ1) is 9.54. The Morgan fingerprint density at radius 3 is 2.60 bits per heavy atom. The van der Waals surface area contributed by atoms with Gasteiger partial charge >= 0.3 is 0 Å². The lowest BCUT2D eigenvalue weighted by Crippen LogP contribution is -2.31. The number of carbonyl (C=O) groups is 1. The number of phenols is 1. The summed E-state index contributed by atoms with van der Waals surface area (Å²) in [5.74, 6) is -1.19. The highest BCUT2D eigenvalue weighted by atomic mass is 19.1. The van der Waals surface area contributed by atoms with Crippen molar-refractivity contribution in [2.75, 3.05) is 11.4 Å². The molecule has 0 atom stereocenters. The first kappa shape index (κ1) is 14.1. The summed E-state index contributed by atoms with van der Waals surface area (Å²) in [6.07, 6.45) is 0. The fraction of sp³-hybridized carbons (Fsp3) is 0.188. The van der Waals surface area contributed by atoms with Crippen LogP contribution in [0.1, 0.15) is 22.8 Å². The minimum Gasteiger partial charge on any atom is -0.507 e. The van der Waals surface area contributed by atoms with Crippen LogP contribution in [-0.4, -0.2) is 17.6 Å². The van der Waals surface area contributed by atoms with E-state index in [1.165, 1.54) is 11.0 Å². The van der Waals surface area contributed by atoms with Crippen LogP contribution in [0.2, 0.25) is 0 Å². The average Bonchev–Trinajstić information content (AvgIpc) is 2.44. The van der Waals surface area contributed by atoms with Gasteiger partial charge < -0.3 is 10.0 Å². The molecule has 0 heterocycles.